The molecular weight excluding hydrogens is 398 g/mol. The minimum absolute atomic E-state index is 0.582. The van der Waals surface area contributed by atoms with Gasteiger partial charge in [0, 0.05) is 23.3 Å². The van der Waals surface area contributed by atoms with Crippen LogP contribution in [0.1, 0.15) is 53.9 Å². The minimum Gasteiger partial charge on any atom is -0.338 e. The van der Waals surface area contributed by atoms with Gasteiger partial charge in [0.2, 0.25) is 0 Å². The van der Waals surface area contributed by atoms with Crippen LogP contribution in [0.2, 0.25) is 0 Å². The van der Waals surface area contributed by atoms with Gasteiger partial charge in [-0.15, -0.1) is 0 Å². The van der Waals surface area contributed by atoms with Crippen molar-refractivity contribution >= 4 is 23.0 Å². The molecule has 1 heterocycles. The van der Waals surface area contributed by atoms with E-state index in [9.17, 15) is 0 Å². The number of benzene rings is 4. The lowest BCUT2D eigenvalue weighted by molar-refractivity contribution is 0.402. The minimum atomic E-state index is 0.582. The third-order valence-corrected chi connectivity index (χ3v) is 7.29. The van der Waals surface area contributed by atoms with E-state index in [1.165, 1.54) is 64.9 Å². The van der Waals surface area contributed by atoms with Crippen LogP contribution in [0, 0.1) is 0 Å². The quantitative estimate of drug-likeness (QED) is 0.295. The Hall–Kier alpha value is -3.58. The van der Waals surface area contributed by atoms with E-state index < -0.39 is 0 Å². The highest BCUT2D eigenvalue weighted by atomic mass is 15.2. The topological polar surface area (TPSA) is 3.24 Å². The van der Waals surface area contributed by atoms with Crippen molar-refractivity contribution in [3.05, 3.63) is 131 Å². The normalized spacial score (nSPS) is 19.0. The summed E-state index contributed by atoms with van der Waals surface area (Å²) in [6, 6.07) is 40.2. The van der Waals surface area contributed by atoms with E-state index >= 15 is 0 Å². The zero-order valence-electron chi connectivity index (χ0n) is 18.9. The van der Waals surface area contributed by atoms with Crippen molar-refractivity contribution in [1.82, 2.24) is 0 Å². The predicted octanol–water partition coefficient (Wildman–Crippen LogP) is 8.45. The summed E-state index contributed by atoms with van der Waals surface area (Å²) >= 11 is 0. The van der Waals surface area contributed by atoms with Crippen LogP contribution in [0.5, 0.6) is 0 Å². The van der Waals surface area contributed by atoms with E-state index in [-0.39, 0.29) is 0 Å². The molecule has 2 atom stereocenters. The van der Waals surface area contributed by atoms with Crippen LogP contribution in [0.4, 0.5) is 11.4 Å². The Kier molecular flexibility index (Phi) is 5.32. The molecule has 2 unspecified atom stereocenters. The molecule has 1 nitrogen and oxygen atoms in total. The molecule has 2 aliphatic rings. The Morgan fingerprint density at radius 3 is 1.94 bits per heavy atom. The molecule has 1 saturated carbocycles. The van der Waals surface area contributed by atoms with E-state index in [0.29, 0.717) is 12.0 Å². The van der Waals surface area contributed by atoms with Gasteiger partial charge in [-0.3, -0.25) is 0 Å². The van der Waals surface area contributed by atoms with Crippen LogP contribution >= 0.6 is 0 Å². The Labute approximate surface area is 197 Å². The molecule has 0 spiro atoms. The maximum atomic E-state index is 2.61. The molecule has 33 heavy (non-hydrogen) atoms. The number of hydrogen-bond acceptors (Lipinski definition) is 1. The van der Waals surface area contributed by atoms with Gasteiger partial charge in [0.15, 0.2) is 0 Å². The molecule has 0 aromatic heterocycles. The monoisotopic (exact) mass is 427 g/mol. The summed E-state index contributed by atoms with van der Waals surface area (Å²) in [5, 5.41) is 0. The Balaban J connectivity index is 1.46. The molecule has 1 heteroatoms. The van der Waals surface area contributed by atoms with E-state index in [1.54, 1.807) is 0 Å². The number of fused-ring (bicyclic) bond motifs is 3. The van der Waals surface area contributed by atoms with Gasteiger partial charge >= 0.3 is 0 Å². The summed E-state index contributed by atoms with van der Waals surface area (Å²) < 4.78 is 0. The average Bonchev–Trinajstić information content (AvgIpc) is 3.22. The highest BCUT2D eigenvalue weighted by molar-refractivity contribution is 5.92. The highest BCUT2D eigenvalue weighted by Crippen LogP contribution is 2.51. The molecule has 162 valence electrons. The van der Waals surface area contributed by atoms with Crippen LogP contribution in [0.25, 0.3) is 11.6 Å². The molecule has 1 fully saturated rings. The lowest BCUT2D eigenvalue weighted by atomic mass is 9.82. The number of hydrogen-bond donors (Lipinski definition) is 0. The smallest absolute Gasteiger partial charge is 0.0450 e. The second-order valence-corrected chi connectivity index (χ2v) is 9.27. The lowest BCUT2D eigenvalue weighted by Gasteiger charge is -2.33. The first-order valence-electron chi connectivity index (χ1n) is 12.2. The summed E-state index contributed by atoms with van der Waals surface area (Å²) in [6.07, 6.45) is 7.60. The molecular formula is C32H29N. The Bertz CT molecular complexity index is 1220. The molecule has 4 aromatic carbocycles. The number of para-hydroxylation sites is 1. The molecule has 0 amide bonds. The van der Waals surface area contributed by atoms with Crippen molar-refractivity contribution in [2.45, 2.75) is 37.6 Å². The van der Waals surface area contributed by atoms with Gasteiger partial charge in [-0.1, -0.05) is 97.8 Å². The summed E-state index contributed by atoms with van der Waals surface area (Å²) in [4.78, 5) is 2.61. The standard InChI is InChI=1S/C32H29N/c1-4-12-25(13-5-1)29(26-14-6-2-7-15-26)22-24-20-21-32-30(23-24)28-18-10-11-19-31(28)33(32)27-16-8-3-9-17-27/h1-9,12-17,20-23,28,31H,10-11,18-19H2. The molecule has 1 aliphatic carbocycles. The maximum absolute atomic E-state index is 2.61. The third kappa shape index (κ3) is 3.78. The van der Waals surface area contributed by atoms with Crippen LogP contribution in [-0.2, 0) is 0 Å². The fraction of sp³-hybridized carbons (Fsp3) is 0.188. The van der Waals surface area contributed by atoms with E-state index in [1.807, 2.05) is 0 Å². The predicted molar refractivity (Wildman–Crippen MR) is 140 cm³/mol. The van der Waals surface area contributed by atoms with Crippen molar-refractivity contribution < 1.29 is 0 Å². The van der Waals surface area contributed by atoms with Crippen LogP contribution in [0.3, 0.4) is 0 Å². The summed E-state index contributed by atoms with van der Waals surface area (Å²) in [5.74, 6) is 0.624. The second-order valence-electron chi connectivity index (χ2n) is 9.27. The molecule has 4 aromatic rings. The van der Waals surface area contributed by atoms with Crippen molar-refractivity contribution in [2.75, 3.05) is 4.90 Å². The molecule has 6 rings (SSSR count). The van der Waals surface area contributed by atoms with Crippen LogP contribution < -0.4 is 4.90 Å². The first-order chi connectivity index (χ1) is 16.4. The highest BCUT2D eigenvalue weighted by Gasteiger charge is 2.40. The van der Waals surface area contributed by atoms with Gasteiger partial charge in [-0.25, -0.2) is 0 Å². The molecule has 0 radical (unpaired) electrons. The van der Waals surface area contributed by atoms with Crippen LogP contribution in [-0.4, -0.2) is 6.04 Å². The van der Waals surface area contributed by atoms with E-state index in [2.05, 4.69) is 120 Å². The van der Waals surface area contributed by atoms with E-state index in [4.69, 9.17) is 0 Å². The Morgan fingerprint density at radius 1 is 0.667 bits per heavy atom. The maximum Gasteiger partial charge on any atom is 0.0450 e. The van der Waals surface area contributed by atoms with Gasteiger partial charge in [0.1, 0.15) is 0 Å². The van der Waals surface area contributed by atoms with Gasteiger partial charge in [0.25, 0.3) is 0 Å². The second kappa shape index (κ2) is 8.75. The van der Waals surface area contributed by atoms with Crippen molar-refractivity contribution in [3.63, 3.8) is 0 Å². The van der Waals surface area contributed by atoms with Gasteiger partial charge in [-0.2, -0.15) is 0 Å². The largest absolute Gasteiger partial charge is 0.338 e. The third-order valence-electron chi connectivity index (χ3n) is 7.29. The van der Waals surface area contributed by atoms with Gasteiger partial charge in [0.05, 0.1) is 0 Å². The zero-order chi connectivity index (χ0) is 22.0. The lowest BCUT2D eigenvalue weighted by Crippen LogP contribution is -2.32. The number of nitrogens with zero attached hydrogens (tertiary/aromatic N) is 1. The summed E-state index contributed by atoms with van der Waals surface area (Å²) in [5.41, 5.74) is 9.32. The first kappa shape index (κ1) is 20.1. The number of anilines is 2. The molecule has 0 N–H and O–H groups in total. The molecule has 1 aliphatic heterocycles. The summed E-state index contributed by atoms with van der Waals surface area (Å²) in [6.45, 7) is 0. The number of rotatable bonds is 4. The van der Waals surface area contributed by atoms with Crippen molar-refractivity contribution in [1.29, 1.82) is 0 Å². The first-order valence-corrected chi connectivity index (χ1v) is 12.2. The fourth-order valence-corrected chi connectivity index (χ4v) is 5.80. The van der Waals surface area contributed by atoms with Crippen molar-refractivity contribution in [2.24, 2.45) is 0 Å². The van der Waals surface area contributed by atoms with E-state index in [0.717, 1.165) is 0 Å². The zero-order valence-corrected chi connectivity index (χ0v) is 18.9. The van der Waals surface area contributed by atoms with Crippen molar-refractivity contribution in [3.8, 4) is 0 Å². The molecule has 0 saturated heterocycles. The molecule has 0 bridgehead atoms. The fourth-order valence-electron chi connectivity index (χ4n) is 5.80. The Morgan fingerprint density at radius 2 is 1.27 bits per heavy atom. The van der Waals surface area contributed by atoms with Gasteiger partial charge in [-0.05, 0) is 71.0 Å². The summed E-state index contributed by atoms with van der Waals surface area (Å²) in [7, 11) is 0. The average molecular weight is 428 g/mol. The van der Waals surface area contributed by atoms with Crippen LogP contribution in [0.15, 0.2) is 109 Å². The van der Waals surface area contributed by atoms with Gasteiger partial charge < -0.3 is 4.90 Å². The SMILES string of the molecule is C(=C(c1ccccc1)c1ccccc1)c1ccc2c(c1)C1CCCCC1N2c1ccccc1.